The van der Waals surface area contributed by atoms with Crippen LogP contribution in [-0.2, 0) is 4.79 Å². The lowest BCUT2D eigenvalue weighted by Gasteiger charge is -2.35. The quantitative estimate of drug-likeness (QED) is 0.688. The maximum Gasteiger partial charge on any atom is 0.492 e. The predicted molar refractivity (Wildman–Crippen MR) is 56.9 cm³/mol. The van der Waals surface area contributed by atoms with Gasteiger partial charge in [0, 0.05) is 20.0 Å². The van der Waals surface area contributed by atoms with Crippen molar-refractivity contribution in [2.45, 2.75) is 12.8 Å². The normalized spacial score (nSPS) is 19.8. The molecule has 0 saturated carbocycles. The Morgan fingerprint density at radius 1 is 1.31 bits per heavy atom. The molecule has 0 atom stereocenters. The highest BCUT2D eigenvalue weighted by Gasteiger charge is 2.31. The summed E-state index contributed by atoms with van der Waals surface area (Å²) in [6, 6.07) is 0. The Kier molecular flexibility index (Phi) is 4.24. The second-order valence-corrected chi connectivity index (χ2v) is 4.52. The fourth-order valence-electron chi connectivity index (χ4n) is 2.02. The Morgan fingerprint density at radius 2 is 1.81 bits per heavy atom. The molecule has 0 aromatic heterocycles. The zero-order valence-electron chi connectivity index (χ0n) is 9.63. The van der Waals surface area contributed by atoms with Crippen molar-refractivity contribution in [2.75, 3.05) is 33.6 Å². The van der Waals surface area contributed by atoms with E-state index in [1.54, 1.807) is 14.1 Å². The van der Waals surface area contributed by atoms with Gasteiger partial charge in [0.15, 0.2) is 0 Å². The van der Waals surface area contributed by atoms with E-state index in [1.807, 2.05) is 0 Å². The third-order valence-electron chi connectivity index (χ3n) is 2.84. The second-order valence-electron chi connectivity index (χ2n) is 4.52. The number of carbonyl (C=O) groups excluding carboxylic acids is 1. The largest absolute Gasteiger partial charge is 0.492 e. The Bertz CT molecular complexity index is 250. The van der Waals surface area contributed by atoms with Crippen molar-refractivity contribution < 1.29 is 17.7 Å². The van der Waals surface area contributed by atoms with E-state index in [0.29, 0.717) is 25.9 Å². The molecule has 1 fully saturated rings. The summed E-state index contributed by atoms with van der Waals surface area (Å²) in [5, 5.41) is 0. The Labute approximate surface area is 93.6 Å². The van der Waals surface area contributed by atoms with Crippen LogP contribution in [-0.4, -0.2) is 56.3 Å². The smallest absolute Gasteiger partial charge is 0.448 e. The molecular formula is C9H17BF3N2O-. The molecule has 94 valence electrons. The van der Waals surface area contributed by atoms with E-state index in [9.17, 15) is 17.7 Å². The highest BCUT2D eigenvalue weighted by molar-refractivity contribution is 6.58. The molecule has 0 spiro atoms. The first-order chi connectivity index (χ1) is 7.29. The number of halogens is 3. The highest BCUT2D eigenvalue weighted by Crippen LogP contribution is 2.21. The number of nitrogens with zero attached hydrogens (tertiary/aromatic N) is 2. The van der Waals surface area contributed by atoms with Crippen LogP contribution in [0.15, 0.2) is 0 Å². The average molecular weight is 237 g/mol. The van der Waals surface area contributed by atoms with Crippen LogP contribution < -0.4 is 0 Å². The topological polar surface area (TPSA) is 23.6 Å². The van der Waals surface area contributed by atoms with Crippen molar-refractivity contribution >= 4 is 12.9 Å². The number of rotatable bonds is 3. The van der Waals surface area contributed by atoms with Crippen molar-refractivity contribution in [2.24, 2.45) is 5.92 Å². The highest BCUT2D eigenvalue weighted by atomic mass is 19.4. The van der Waals surface area contributed by atoms with E-state index in [1.165, 1.54) is 9.80 Å². The van der Waals surface area contributed by atoms with Crippen molar-refractivity contribution in [1.82, 2.24) is 9.80 Å². The van der Waals surface area contributed by atoms with E-state index in [2.05, 4.69) is 0 Å². The van der Waals surface area contributed by atoms with Crippen LogP contribution >= 0.6 is 0 Å². The van der Waals surface area contributed by atoms with E-state index < -0.39 is 13.4 Å². The van der Waals surface area contributed by atoms with Crippen LogP contribution in [0.3, 0.4) is 0 Å². The molecule has 1 aliphatic rings. The molecule has 0 aromatic carbocycles. The van der Waals surface area contributed by atoms with Gasteiger partial charge in [0.25, 0.3) is 0 Å². The van der Waals surface area contributed by atoms with E-state index >= 15 is 0 Å². The third kappa shape index (κ3) is 4.04. The van der Waals surface area contributed by atoms with Gasteiger partial charge >= 0.3 is 6.98 Å². The van der Waals surface area contributed by atoms with Crippen molar-refractivity contribution in [1.29, 1.82) is 0 Å². The standard InChI is InChI=1S/C9H17BF3N2O/c1-14(2)9(16)8-3-5-15(6-4-8)7-10(11,12)13/h8H,3-7H2,1-2H3/q-1. The minimum Gasteiger partial charge on any atom is -0.448 e. The molecule has 1 saturated heterocycles. The molecule has 7 heteroatoms. The number of amides is 1. The number of likely N-dealkylation sites (tertiary alicyclic amines) is 1. The van der Waals surface area contributed by atoms with E-state index in [4.69, 9.17) is 0 Å². The van der Waals surface area contributed by atoms with Gasteiger partial charge in [-0.15, -0.1) is 0 Å². The maximum atomic E-state index is 12.2. The van der Waals surface area contributed by atoms with Crippen LogP contribution in [0.25, 0.3) is 0 Å². The minimum atomic E-state index is -4.75. The number of hydrogen-bond acceptors (Lipinski definition) is 2. The second kappa shape index (κ2) is 5.08. The van der Waals surface area contributed by atoms with Gasteiger partial charge in [-0.2, -0.15) is 0 Å². The Hall–Kier alpha value is -0.715. The summed E-state index contributed by atoms with van der Waals surface area (Å²) in [6.07, 6.45) is 0.259. The summed E-state index contributed by atoms with van der Waals surface area (Å²) in [4.78, 5) is 14.5. The summed E-state index contributed by atoms with van der Waals surface area (Å²) >= 11 is 0. The molecule has 1 heterocycles. The van der Waals surface area contributed by atoms with Crippen LogP contribution in [0.5, 0.6) is 0 Å². The van der Waals surface area contributed by atoms with Crippen LogP contribution in [0.4, 0.5) is 12.9 Å². The van der Waals surface area contributed by atoms with Crippen LogP contribution in [0.2, 0.25) is 0 Å². The average Bonchev–Trinajstić information content (AvgIpc) is 2.15. The first-order valence-corrected chi connectivity index (χ1v) is 5.44. The number of carbonyl (C=O) groups is 1. The molecule has 16 heavy (non-hydrogen) atoms. The Balaban J connectivity index is 2.37. The van der Waals surface area contributed by atoms with Gasteiger partial charge in [-0.1, -0.05) is 0 Å². The van der Waals surface area contributed by atoms with Crippen molar-refractivity contribution in [3.8, 4) is 0 Å². The van der Waals surface area contributed by atoms with Gasteiger partial charge in [-0.3, -0.25) is 4.79 Å². The van der Waals surface area contributed by atoms with Crippen molar-refractivity contribution in [3.63, 3.8) is 0 Å². The lowest BCUT2D eigenvalue weighted by atomic mass is 9.88. The summed E-state index contributed by atoms with van der Waals surface area (Å²) in [7, 11) is 3.35. The Morgan fingerprint density at radius 3 is 2.19 bits per heavy atom. The molecule has 3 nitrogen and oxygen atoms in total. The molecule has 1 rings (SSSR count). The lowest BCUT2D eigenvalue weighted by Crippen LogP contribution is -2.45. The first kappa shape index (κ1) is 13.4. The summed E-state index contributed by atoms with van der Waals surface area (Å²) in [5.74, 6) is -0.0795. The van der Waals surface area contributed by atoms with Gasteiger partial charge in [-0.05, 0) is 32.4 Å². The summed E-state index contributed by atoms with van der Waals surface area (Å²) in [5.41, 5.74) is 0. The molecule has 0 unspecified atom stereocenters. The molecule has 1 aliphatic heterocycles. The first-order valence-electron chi connectivity index (χ1n) is 5.44. The van der Waals surface area contributed by atoms with Gasteiger partial charge in [0.2, 0.25) is 5.91 Å². The van der Waals surface area contributed by atoms with Crippen LogP contribution in [0.1, 0.15) is 12.8 Å². The van der Waals surface area contributed by atoms with Gasteiger partial charge in [-0.25, -0.2) is 0 Å². The predicted octanol–water partition coefficient (Wildman–Crippen LogP) is 1.17. The fourth-order valence-corrected chi connectivity index (χ4v) is 2.02. The summed E-state index contributed by atoms with van der Waals surface area (Å²) in [6.45, 7) is -4.01. The maximum absolute atomic E-state index is 12.2. The van der Waals surface area contributed by atoms with Gasteiger partial charge in [0.1, 0.15) is 0 Å². The SMILES string of the molecule is CN(C)C(=O)C1CCN(C[B-](F)(F)F)CC1. The molecule has 0 N–H and O–H groups in total. The lowest BCUT2D eigenvalue weighted by molar-refractivity contribution is -0.134. The fraction of sp³-hybridized carbons (Fsp3) is 0.889. The van der Waals surface area contributed by atoms with Crippen LogP contribution in [0, 0.1) is 5.92 Å². The zero-order valence-corrected chi connectivity index (χ0v) is 9.63. The number of hydrogen-bond donors (Lipinski definition) is 0. The molecule has 0 radical (unpaired) electrons. The monoisotopic (exact) mass is 237 g/mol. The molecule has 0 aromatic rings. The third-order valence-corrected chi connectivity index (χ3v) is 2.84. The number of piperidine rings is 1. The molecular weight excluding hydrogens is 220 g/mol. The van der Waals surface area contributed by atoms with E-state index in [-0.39, 0.29) is 11.8 Å². The molecule has 0 aliphatic carbocycles. The van der Waals surface area contributed by atoms with Gasteiger partial charge in [0.05, 0.1) is 0 Å². The van der Waals surface area contributed by atoms with Gasteiger partial charge < -0.3 is 22.7 Å². The van der Waals surface area contributed by atoms with E-state index in [0.717, 1.165) is 0 Å². The minimum absolute atomic E-state index is 0.0252. The molecule has 1 amide bonds. The molecule has 0 bridgehead atoms. The van der Waals surface area contributed by atoms with Crippen molar-refractivity contribution in [3.05, 3.63) is 0 Å². The summed E-state index contributed by atoms with van der Waals surface area (Å²) < 4.78 is 36.5. The zero-order chi connectivity index (χ0) is 12.3.